The van der Waals surface area contributed by atoms with Gasteiger partial charge in [-0.05, 0) is 49.2 Å². The lowest BCUT2D eigenvalue weighted by Gasteiger charge is -2.08. The van der Waals surface area contributed by atoms with Crippen LogP contribution in [0, 0.1) is 11.3 Å². The number of benzene rings is 2. The maximum atomic E-state index is 12.6. The number of aromatic amines is 1. The molecule has 0 saturated carbocycles. The van der Waals surface area contributed by atoms with Crippen LogP contribution in [0.1, 0.15) is 30.3 Å². The molecular weight excluding hydrogens is 352 g/mol. The highest BCUT2D eigenvalue weighted by atomic mass is 32.2. The zero-order valence-electron chi connectivity index (χ0n) is 13.8. The average molecular weight is 368 g/mol. The molecule has 0 radical (unpaired) electrons. The van der Waals surface area contributed by atoms with E-state index in [0.29, 0.717) is 5.69 Å². The van der Waals surface area contributed by atoms with Crippen LogP contribution in [0.2, 0.25) is 0 Å². The fraction of sp³-hybridized carbons (Fsp3) is 0.222. The van der Waals surface area contributed by atoms with Gasteiger partial charge in [0.25, 0.3) is 10.0 Å². The quantitative estimate of drug-likeness (QED) is 0.736. The van der Waals surface area contributed by atoms with Gasteiger partial charge in [-0.2, -0.15) is 5.26 Å². The third kappa shape index (κ3) is 3.14. The first-order valence-electron chi connectivity index (χ1n) is 8.19. The van der Waals surface area contributed by atoms with Gasteiger partial charge in [0.15, 0.2) is 0 Å². The van der Waals surface area contributed by atoms with Crippen molar-refractivity contribution in [3.05, 3.63) is 53.9 Å². The first-order chi connectivity index (χ1) is 12.5. The summed E-state index contributed by atoms with van der Waals surface area (Å²) in [5, 5.41) is 8.94. The molecule has 1 saturated heterocycles. The number of imidazole rings is 1. The van der Waals surface area contributed by atoms with Crippen molar-refractivity contribution in [3.63, 3.8) is 0 Å². The molecule has 3 aromatic rings. The van der Waals surface area contributed by atoms with Crippen LogP contribution >= 0.6 is 0 Å². The van der Waals surface area contributed by atoms with Crippen LogP contribution in [-0.2, 0) is 14.8 Å². The minimum Gasteiger partial charge on any atom is -0.370 e. The smallest absolute Gasteiger partial charge is 0.261 e. The molecule has 2 aromatic carbocycles. The highest BCUT2D eigenvalue weighted by Crippen LogP contribution is 2.29. The number of nitrogens with zero attached hydrogens (tertiary/aromatic N) is 2. The minimum atomic E-state index is -3.78. The molecule has 1 atom stereocenters. The number of H-pyrrole nitrogens is 1. The van der Waals surface area contributed by atoms with Gasteiger partial charge >= 0.3 is 0 Å². The Morgan fingerprint density at radius 1 is 1.27 bits per heavy atom. The Morgan fingerprint density at radius 2 is 2.15 bits per heavy atom. The number of nitriles is 1. The highest BCUT2D eigenvalue weighted by molar-refractivity contribution is 7.92. The average Bonchev–Trinajstić information content (AvgIpc) is 3.30. The Bertz CT molecular complexity index is 1110. The number of rotatable bonds is 4. The number of hydrogen-bond acceptors (Lipinski definition) is 5. The van der Waals surface area contributed by atoms with Crippen molar-refractivity contribution in [1.82, 2.24) is 9.97 Å². The Hall–Kier alpha value is -2.89. The largest absolute Gasteiger partial charge is 0.370 e. The van der Waals surface area contributed by atoms with Crippen LogP contribution in [0.4, 0.5) is 5.69 Å². The summed E-state index contributed by atoms with van der Waals surface area (Å²) in [5.74, 6) is 0.763. The Kier molecular flexibility index (Phi) is 4.11. The van der Waals surface area contributed by atoms with Gasteiger partial charge in [-0.3, -0.25) is 4.72 Å². The van der Waals surface area contributed by atoms with Crippen LogP contribution in [0.5, 0.6) is 0 Å². The van der Waals surface area contributed by atoms with Crippen LogP contribution in [-0.4, -0.2) is 25.0 Å². The molecule has 0 spiro atoms. The SMILES string of the molecule is N#Cc1cccc(S(=O)(=O)Nc2ccc3nc(C4CCCO4)[nH]c3c2)c1. The van der Waals surface area contributed by atoms with Crippen molar-refractivity contribution in [3.8, 4) is 6.07 Å². The van der Waals surface area contributed by atoms with Crippen molar-refractivity contribution >= 4 is 26.7 Å². The predicted molar refractivity (Wildman–Crippen MR) is 96.0 cm³/mol. The molecule has 0 aliphatic carbocycles. The summed E-state index contributed by atoms with van der Waals surface area (Å²) in [7, 11) is -3.78. The van der Waals surface area contributed by atoms with Gasteiger partial charge in [-0.15, -0.1) is 0 Å². The van der Waals surface area contributed by atoms with E-state index in [1.54, 1.807) is 30.3 Å². The second-order valence-electron chi connectivity index (χ2n) is 6.10. The van der Waals surface area contributed by atoms with E-state index in [1.807, 2.05) is 6.07 Å². The summed E-state index contributed by atoms with van der Waals surface area (Å²) in [6.07, 6.45) is 1.90. The van der Waals surface area contributed by atoms with Gasteiger partial charge < -0.3 is 9.72 Å². The number of anilines is 1. The molecule has 1 unspecified atom stereocenters. The third-order valence-corrected chi connectivity index (χ3v) is 5.64. The molecule has 4 rings (SSSR count). The van der Waals surface area contributed by atoms with Gasteiger partial charge in [0, 0.05) is 6.61 Å². The van der Waals surface area contributed by atoms with E-state index in [2.05, 4.69) is 14.7 Å². The summed E-state index contributed by atoms with van der Waals surface area (Å²) in [6, 6.07) is 12.9. The van der Waals surface area contributed by atoms with Crippen molar-refractivity contribution < 1.29 is 13.2 Å². The van der Waals surface area contributed by atoms with Gasteiger partial charge in [0.2, 0.25) is 0 Å². The third-order valence-electron chi connectivity index (χ3n) is 4.26. The van der Waals surface area contributed by atoms with E-state index in [1.165, 1.54) is 12.1 Å². The minimum absolute atomic E-state index is 0.0312. The van der Waals surface area contributed by atoms with E-state index in [4.69, 9.17) is 10.00 Å². The van der Waals surface area contributed by atoms with Gasteiger partial charge in [-0.1, -0.05) is 6.07 Å². The maximum absolute atomic E-state index is 12.6. The molecule has 2 N–H and O–H groups in total. The van der Waals surface area contributed by atoms with Crippen LogP contribution in [0.25, 0.3) is 11.0 Å². The second-order valence-corrected chi connectivity index (χ2v) is 7.78. The number of sulfonamides is 1. The molecular formula is C18H16N4O3S. The maximum Gasteiger partial charge on any atom is 0.261 e. The van der Waals surface area contributed by atoms with Crippen molar-refractivity contribution in [1.29, 1.82) is 5.26 Å². The molecule has 0 amide bonds. The molecule has 1 fully saturated rings. The van der Waals surface area contributed by atoms with E-state index in [9.17, 15) is 8.42 Å². The van der Waals surface area contributed by atoms with E-state index in [-0.39, 0.29) is 16.6 Å². The van der Waals surface area contributed by atoms with Crippen LogP contribution < -0.4 is 4.72 Å². The molecule has 26 heavy (non-hydrogen) atoms. The zero-order valence-corrected chi connectivity index (χ0v) is 14.6. The number of nitrogens with one attached hydrogen (secondary N) is 2. The summed E-state index contributed by atoms with van der Waals surface area (Å²) in [6.45, 7) is 0.731. The summed E-state index contributed by atoms with van der Waals surface area (Å²) in [4.78, 5) is 7.77. The Balaban J connectivity index is 1.63. The van der Waals surface area contributed by atoms with E-state index in [0.717, 1.165) is 36.3 Å². The van der Waals surface area contributed by atoms with Crippen molar-refractivity contribution in [2.24, 2.45) is 0 Å². The number of fused-ring (bicyclic) bond motifs is 1. The Morgan fingerprint density at radius 3 is 2.92 bits per heavy atom. The summed E-state index contributed by atoms with van der Waals surface area (Å²) < 4.78 is 33.3. The first-order valence-corrected chi connectivity index (χ1v) is 9.68. The second kappa shape index (κ2) is 6.44. The van der Waals surface area contributed by atoms with E-state index < -0.39 is 10.0 Å². The van der Waals surface area contributed by atoms with Gasteiger partial charge in [-0.25, -0.2) is 13.4 Å². The van der Waals surface area contributed by atoms with Crippen LogP contribution in [0.15, 0.2) is 47.4 Å². The number of aromatic nitrogens is 2. The summed E-state index contributed by atoms with van der Waals surface area (Å²) in [5.41, 5.74) is 2.20. The molecule has 132 valence electrons. The van der Waals surface area contributed by atoms with Gasteiger partial charge in [0.1, 0.15) is 11.9 Å². The lowest BCUT2D eigenvalue weighted by molar-refractivity contribution is 0.106. The first kappa shape index (κ1) is 16.6. The normalized spacial score (nSPS) is 17.3. The van der Waals surface area contributed by atoms with Crippen LogP contribution in [0.3, 0.4) is 0 Å². The molecule has 2 heterocycles. The fourth-order valence-electron chi connectivity index (χ4n) is 2.99. The molecule has 7 nitrogen and oxygen atoms in total. The van der Waals surface area contributed by atoms with Gasteiger partial charge in [0.05, 0.1) is 33.2 Å². The number of ether oxygens (including phenoxy) is 1. The lowest BCUT2D eigenvalue weighted by Crippen LogP contribution is -2.13. The highest BCUT2D eigenvalue weighted by Gasteiger charge is 2.21. The standard InChI is InChI=1S/C18H16N4O3S/c19-11-12-3-1-4-14(9-12)26(23,24)22-13-6-7-15-16(10-13)21-18(20-15)17-5-2-8-25-17/h1,3-4,6-7,9-10,17,22H,2,5,8H2,(H,20,21). The monoisotopic (exact) mass is 368 g/mol. The molecule has 1 aromatic heterocycles. The van der Waals surface area contributed by atoms with Crippen molar-refractivity contribution in [2.45, 2.75) is 23.8 Å². The van der Waals surface area contributed by atoms with Crippen molar-refractivity contribution in [2.75, 3.05) is 11.3 Å². The van der Waals surface area contributed by atoms with E-state index >= 15 is 0 Å². The molecule has 8 heteroatoms. The molecule has 1 aliphatic rings. The zero-order chi connectivity index (χ0) is 18.1. The lowest BCUT2D eigenvalue weighted by atomic mass is 10.2. The Labute approximate surface area is 150 Å². The topological polar surface area (TPSA) is 108 Å². The summed E-state index contributed by atoms with van der Waals surface area (Å²) >= 11 is 0. The molecule has 1 aliphatic heterocycles. The predicted octanol–water partition coefficient (Wildman–Crippen LogP) is 3.09. The number of hydrogen-bond donors (Lipinski definition) is 2. The molecule has 0 bridgehead atoms. The fourth-order valence-corrected chi connectivity index (χ4v) is 4.08.